The lowest BCUT2D eigenvalue weighted by Crippen LogP contribution is -2.68. The molecule has 3 rings (SSSR count). The fourth-order valence-electron chi connectivity index (χ4n) is 2.49. The molecule has 7 heteroatoms. The predicted octanol–water partition coefficient (Wildman–Crippen LogP) is 2.17. The summed E-state index contributed by atoms with van der Waals surface area (Å²) in [5.41, 5.74) is 3.70. The van der Waals surface area contributed by atoms with Gasteiger partial charge < -0.3 is 4.74 Å². The molecule has 0 aliphatic carbocycles. The van der Waals surface area contributed by atoms with E-state index in [1.165, 1.54) is 26.4 Å². The average Bonchev–Trinajstić information content (AvgIpc) is 2.73. The third-order valence-electron chi connectivity index (χ3n) is 3.69. The summed E-state index contributed by atoms with van der Waals surface area (Å²) in [5.74, 6) is 0. The fourth-order valence-corrected chi connectivity index (χ4v) is 3.52. The molecule has 0 N–H and O–H groups in total. The minimum Gasteiger partial charge on any atom is -0.501 e. The maximum atomic E-state index is 8.49. The van der Waals surface area contributed by atoms with Gasteiger partial charge in [-0.25, -0.2) is 18.6 Å². The minimum atomic E-state index is -4.94. The summed E-state index contributed by atoms with van der Waals surface area (Å²) in [4.78, 5) is 2.47. The van der Waals surface area contributed by atoms with Crippen molar-refractivity contribution in [3.05, 3.63) is 96.1 Å². The zero-order chi connectivity index (χ0) is 21.8. The van der Waals surface area contributed by atoms with Gasteiger partial charge in [-0.15, -0.1) is 10.2 Å². The number of halogens is 1. The molecule has 0 saturated carbocycles. The van der Waals surface area contributed by atoms with Crippen LogP contribution >= 0.6 is 11.3 Å². The predicted molar refractivity (Wildman–Crippen MR) is 109 cm³/mol. The van der Waals surface area contributed by atoms with Crippen molar-refractivity contribution in [2.24, 2.45) is 0 Å². The minimum absolute atomic E-state index is 0.689. The molecule has 1 heterocycles. The zero-order valence-electron chi connectivity index (χ0n) is 16.3. The van der Waals surface area contributed by atoms with Crippen molar-refractivity contribution in [2.75, 3.05) is 6.61 Å². The van der Waals surface area contributed by atoms with Gasteiger partial charge in [-0.3, -0.25) is 0 Å². The third kappa shape index (κ3) is 9.28. The van der Waals surface area contributed by atoms with Crippen LogP contribution in [0.1, 0.15) is 11.8 Å². The van der Waals surface area contributed by atoms with E-state index >= 15 is 0 Å². The molecule has 0 unspecified atom stereocenters. The van der Waals surface area contributed by atoms with Gasteiger partial charge in [0.25, 0.3) is 0 Å². The van der Waals surface area contributed by atoms with Gasteiger partial charge in [0, 0.05) is 23.8 Å². The monoisotopic (exact) mass is 444 g/mol. The van der Waals surface area contributed by atoms with Gasteiger partial charge in [0.05, 0.1) is 12.9 Å². The molecule has 0 amide bonds. The van der Waals surface area contributed by atoms with Gasteiger partial charge in [-0.05, 0) is 36.3 Å². The molecular formula is C23H21ClO5S. The van der Waals surface area contributed by atoms with E-state index in [0.717, 1.165) is 0 Å². The van der Waals surface area contributed by atoms with Crippen molar-refractivity contribution in [1.82, 2.24) is 0 Å². The molecule has 156 valence electrons. The van der Waals surface area contributed by atoms with Crippen LogP contribution in [0.25, 0.3) is 27.6 Å². The standard InChI is InChI=1S/C23H21OS.ClHO4/c1-2-24-16-10-9-15-22-17-21(19-11-5-3-6-12-19)18-23(25-22)20-13-7-4-8-14-20;2-1(3,4)5/h3-18H,2H2,1H3;(H,2,3,4,5)/q+1;/p-1/b15-9+,16-10+;. The number of rotatable bonds is 6. The molecule has 0 radical (unpaired) electrons. The first-order valence-electron chi connectivity index (χ1n) is 9.02. The quantitative estimate of drug-likeness (QED) is 0.329. The smallest absolute Gasteiger partial charge is 0.239 e. The molecule has 0 spiro atoms. The van der Waals surface area contributed by atoms with Gasteiger partial charge >= 0.3 is 0 Å². The van der Waals surface area contributed by atoms with E-state index in [9.17, 15) is 0 Å². The maximum absolute atomic E-state index is 8.49. The van der Waals surface area contributed by atoms with Crippen LogP contribution in [-0.4, -0.2) is 6.61 Å². The Bertz CT molecular complexity index is 891. The van der Waals surface area contributed by atoms with Crippen LogP contribution in [0.15, 0.2) is 91.2 Å². The van der Waals surface area contributed by atoms with Crippen molar-refractivity contribution in [3.8, 4) is 21.6 Å². The first kappa shape index (κ1) is 23.7. The molecule has 5 nitrogen and oxygen atoms in total. The van der Waals surface area contributed by atoms with Gasteiger partial charge in [-0.1, -0.05) is 54.6 Å². The van der Waals surface area contributed by atoms with Crippen molar-refractivity contribution in [1.29, 1.82) is 0 Å². The van der Waals surface area contributed by atoms with Gasteiger partial charge in [-0.2, -0.15) is 0 Å². The molecule has 30 heavy (non-hydrogen) atoms. The lowest BCUT2D eigenvalue weighted by molar-refractivity contribution is -2.00. The molecule has 0 aliphatic heterocycles. The van der Waals surface area contributed by atoms with E-state index in [4.69, 9.17) is 23.4 Å². The molecule has 3 aromatic rings. The van der Waals surface area contributed by atoms with E-state index in [1.807, 2.05) is 25.1 Å². The fraction of sp³-hybridized carbons (Fsp3) is 0.0870. The summed E-state index contributed by atoms with van der Waals surface area (Å²) in [6.45, 7) is 2.67. The largest absolute Gasteiger partial charge is 0.501 e. The normalized spacial score (nSPS) is 11.4. The highest BCUT2D eigenvalue weighted by Gasteiger charge is 2.15. The first-order chi connectivity index (χ1) is 14.4. The molecule has 0 fully saturated rings. The van der Waals surface area contributed by atoms with Crippen molar-refractivity contribution in [3.63, 3.8) is 0 Å². The lowest BCUT2D eigenvalue weighted by atomic mass is 10.1. The molecule has 0 saturated heterocycles. The second-order valence-corrected chi connectivity index (χ2v) is 7.74. The second kappa shape index (κ2) is 12.2. The molecule has 2 aromatic carbocycles. The third-order valence-corrected chi connectivity index (χ3v) is 4.75. The lowest BCUT2D eigenvalue weighted by Gasteiger charge is -2.17. The number of benzene rings is 2. The Morgan fingerprint density at radius 2 is 1.37 bits per heavy atom. The summed E-state index contributed by atoms with van der Waals surface area (Å²) in [7, 11) is -4.94. The van der Waals surface area contributed by atoms with Crippen LogP contribution in [-0.2, 0) is 4.74 Å². The Morgan fingerprint density at radius 1 is 0.800 bits per heavy atom. The van der Waals surface area contributed by atoms with E-state index in [0.29, 0.717) is 6.61 Å². The summed E-state index contributed by atoms with van der Waals surface area (Å²) >= 11 is 1.79. The van der Waals surface area contributed by atoms with Crippen LogP contribution in [0.3, 0.4) is 0 Å². The summed E-state index contributed by atoms with van der Waals surface area (Å²) in [6.07, 6.45) is 7.79. The number of allylic oxidation sites excluding steroid dienone is 2. The SMILES string of the molecule is CCO/C=C/C=C/c1cc(-c2ccccc2)cc(-c2ccccc2)[s+]1.[O-][Cl+3]([O-])([O-])[O-]. The molecular weight excluding hydrogens is 424 g/mol. The summed E-state index contributed by atoms with van der Waals surface area (Å²) in [5, 5.41) is 0. The Kier molecular flexibility index (Phi) is 9.63. The Labute approximate surface area is 182 Å². The number of ether oxygens (including phenoxy) is 1. The van der Waals surface area contributed by atoms with Gasteiger partial charge in [0.1, 0.15) is 0 Å². The van der Waals surface area contributed by atoms with Crippen molar-refractivity contribution >= 4 is 17.4 Å². The molecule has 0 atom stereocenters. The Hall–Kier alpha value is -2.58. The number of hydrogen-bond donors (Lipinski definition) is 0. The van der Waals surface area contributed by atoms with Gasteiger partial charge in [0.15, 0.2) is 0 Å². The van der Waals surface area contributed by atoms with Crippen molar-refractivity contribution in [2.45, 2.75) is 6.92 Å². The van der Waals surface area contributed by atoms with Crippen LogP contribution in [0.5, 0.6) is 0 Å². The highest BCUT2D eigenvalue weighted by molar-refractivity contribution is 7.16. The summed E-state index contributed by atoms with van der Waals surface area (Å²) in [6, 6.07) is 25.5. The number of hydrogen-bond acceptors (Lipinski definition) is 5. The average molecular weight is 445 g/mol. The van der Waals surface area contributed by atoms with E-state index in [-0.39, 0.29) is 0 Å². The molecule has 0 aliphatic rings. The second-order valence-electron chi connectivity index (χ2n) is 5.87. The highest BCUT2D eigenvalue weighted by atomic mass is 35.7. The van der Waals surface area contributed by atoms with Crippen LogP contribution in [0.4, 0.5) is 0 Å². The van der Waals surface area contributed by atoms with Crippen LogP contribution in [0, 0.1) is 10.2 Å². The topological polar surface area (TPSA) is 101 Å². The zero-order valence-corrected chi connectivity index (χ0v) is 17.8. The molecule has 0 bridgehead atoms. The van der Waals surface area contributed by atoms with E-state index in [1.54, 1.807) is 17.6 Å². The maximum Gasteiger partial charge on any atom is 0.239 e. The molecule has 1 aromatic heterocycles. The van der Waals surface area contributed by atoms with Gasteiger partial charge in [0.2, 0.25) is 21.1 Å². The first-order valence-corrected chi connectivity index (χ1v) is 11.1. The highest BCUT2D eigenvalue weighted by Crippen LogP contribution is 2.33. The van der Waals surface area contributed by atoms with Crippen LogP contribution < -0.4 is 18.6 Å². The Balaban J connectivity index is 0.000000575. The van der Waals surface area contributed by atoms with E-state index < -0.39 is 10.2 Å². The summed E-state index contributed by atoms with van der Waals surface area (Å²) < 4.78 is 39.2. The van der Waals surface area contributed by atoms with E-state index in [2.05, 4.69) is 72.8 Å². The van der Waals surface area contributed by atoms with Crippen molar-refractivity contribution < 1.29 is 33.6 Å². The van der Waals surface area contributed by atoms with Crippen LogP contribution in [0.2, 0.25) is 0 Å². The Morgan fingerprint density at radius 3 is 1.93 bits per heavy atom.